The lowest BCUT2D eigenvalue weighted by Crippen LogP contribution is -2.45. The first-order valence-electron chi connectivity index (χ1n) is 10.6. The van der Waals surface area contributed by atoms with E-state index in [1.165, 1.54) is 17.3 Å². The molecule has 0 bridgehead atoms. The molecule has 5 rings (SSSR count). The summed E-state index contributed by atoms with van der Waals surface area (Å²) in [6.45, 7) is 0.578. The fourth-order valence-electron chi connectivity index (χ4n) is 4.55. The lowest BCUT2D eigenvalue weighted by molar-refractivity contribution is -0.141. The van der Waals surface area contributed by atoms with Crippen molar-refractivity contribution in [2.24, 2.45) is 5.41 Å². The van der Waals surface area contributed by atoms with Gasteiger partial charge in [-0.25, -0.2) is 28.4 Å². The van der Waals surface area contributed by atoms with Crippen LogP contribution in [0, 0.1) is 5.41 Å². The zero-order valence-corrected chi connectivity index (χ0v) is 17.7. The van der Waals surface area contributed by atoms with Crippen molar-refractivity contribution in [2.75, 3.05) is 29.4 Å². The van der Waals surface area contributed by atoms with Gasteiger partial charge in [0.05, 0.1) is 30.2 Å². The number of carbonyl (C=O) groups is 1. The molecule has 3 aromatic rings. The fourth-order valence-corrected chi connectivity index (χ4v) is 4.55. The molecule has 1 amide bonds. The molecule has 180 valence electrons. The summed E-state index contributed by atoms with van der Waals surface area (Å²) in [5.74, 6) is 0.115. The Morgan fingerprint density at radius 1 is 0.971 bits per heavy atom. The topological polar surface area (TPSA) is 92.9 Å². The Hall–Kier alpha value is -3.45. The molecule has 2 saturated heterocycles. The van der Waals surface area contributed by atoms with E-state index in [-0.39, 0.29) is 23.9 Å². The predicted octanol–water partition coefficient (Wildman–Crippen LogP) is 2.92. The number of hydrogen-bond acceptors (Lipinski definition) is 7. The summed E-state index contributed by atoms with van der Waals surface area (Å²) in [6.07, 6.45) is -1.11. The van der Waals surface area contributed by atoms with Gasteiger partial charge < -0.3 is 4.90 Å². The Morgan fingerprint density at radius 2 is 1.71 bits per heavy atom. The van der Waals surface area contributed by atoms with E-state index in [0.29, 0.717) is 49.9 Å². The first-order chi connectivity index (χ1) is 16.2. The third-order valence-electron chi connectivity index (χ3n) is 6.39. The molecule has 0 aliphatic carbocycles. The Kier molecular flexibility index (Phi) is 5.32. The fraction of sp³-hybridized carbons (Fsp3) is 0.500. The molecular weight excluding hydrogens is 463 g/mol. The summed E-state index contributed by atoms with van der Waals surface area (Å²) >= 11 is 0. The lowest BCUT2D eigenvalue weighted by Gasteiger charge is -2.38. The summed E-state index contributed by atoms with van der Waals surface area (Å²) in [5.41, 5.74) is -1.19. The van der Waals surface area contributed by atoms with Gasteiger partial charge in [0, 0.05) is 19.6 Å². The van der Waals surface area contributed by atoms with Crippen LogP contribution in [0.25, 0.3) is 11.2 Å². The van der Waals surface area contributed by atoms with Gasteiger partial charge in [0.25, 0.3) is 6.43 Å². The first-order valence-corrected chi connectivity index (χ1v) is 10.6. The van der Waals surface area contributed by atoms with E-state index in [4.69, 9.17) is 0 Å². The van der Waals surface area contributed by atoms with Gasteiger partial charge in [-0.1, -0.05) is 0 Å². The zero-order valence-electron chi connectivity index (χ0n) is 17.7. The van der Waals surface area contributed by atoms with Crippen LogP contribution in [0.4, 0.5) is 33.6 Å². The molecule has 1 spiro atoms. The van der Waals surface area contributed by atoms with E-state index < -0.39 is 30.3 Å². The second-order valence-electron chi connectivity index (χ2n) is 8.39. The smallest absolute Gasteiger partial charge is 0.355 e. The summed E-state index contributed by atoms with van der Waals surface area (Å²) in [5, 5.41) is 3.91. The number of fused-ring (bicyclic) bond motifs is 1. The number of amides is 1. The van der Waals surface area contributed by atoms with Gasteiger partial charge in [-0.05, 0) is 19.3 Å². The largest absolute Gasteiger partial charge is 0.434 e. The van der Waals surface area contributed by atoms with Gasteiger partial charge >= 0.3 is 6.18 Å². The molecule has 0 unspecified atom stereocenters. The number of aromatic nitrogens is 6. The standard InChI is InChI=1S/C20H19F5N8O/c21-14(22)11-33-17-12(7-28-33)27-10-15(30-17)31-4-1-19(2-5-31)3-6-32(18(19)34)16-9-26-8-13(29-16)20(23,24)25/h7-10,14H,1-6,11H2. The SMILES string of the molecule is O=C1N(c2cncc(C(F)(F)F)n2)CCC12CCN(c1cnc3cnn(CC(F)F)c3n1)CC2. The van der Waals surface area contributed by atoms with E-state index in [2.05, 4.69) is 25.0 Å². The third-order valence-corrected chi connectivity index (χ3v) is 6.39. The van der Waals surface area contributed by atoms with Crippen molar-refractivity contribution >= 4 is 28.7 Å². The molecule has 5 heterocycles. The third kappa shape index (κ3) is 3.90. The van der Waals surface area contributed by atoms with Gasteiger partial charge in [0.15, 0.2) is 17.2 Å². The molecule has 2 aliphatic rings. The minimum Gasteiger partial charge on any atom is -0.355 e. The van der Waals surface area contributed by atoms with Gasteiger partial charge in [0.2, 0.25) is 5.91 Å². The average Bonchev–Trinajstić information content (AvgIpc) is 3.34. The Bertz CT molecular complexity index is 1220. The van der Waals surface area contributed by atoms with E-state index in [9.17, 15) is 26.7 Å². The van der Waals surface area contributed by atoms with Crippen molar-refractivity contribution in [1.29, 1.82) is 0 Å². The summed E-state index contributed by atoms with van der Waals surface area (Å²) in [4.78, 5) is 32.3. The second-order valence-corrected chi connectivity index (χ2v) is 8.39. The quantitative estimate of drug-likeness (QED) is 0.528. The molecule has 0 aromatic carbocycles. The summed E-state index contributed by atoms with van der Waals surface area (Å²) in [6, 6.07) is 0. The Labute approximate surface area is 189 Å². The van der Waals surface area contributed by atoms with Gasteiger partial charge in [-0.3, -0.25) is 14.7 Å². The average molecular weight is 482 g/mol. The zero-order chi connectivity index (χ0) is 24.1. The minimum absolute atomic E-state index is 0.109. The molecule has 0 radical (unpaired) electrons. The molecule has 9 nitrogen and oxygen atoms in total. The van der Waals surface area contributed by atoms with E-state index >= 15 is 0 Å². The molecule has 0 saturated carbocycles. The van der Waals surface area contributed by atoms with Gasteiger partial charge in [-0.2, -0.15) is 18.3 Å². The van der Waals surface area contributed by atoms with Crippen molar-refractivity contribution in [3.05, 3.63) is 30.5 Å². The van der Waals surface area contributed by atoms with Gasteiger partial charge in [-0.15, -0.1) is 0 Å². The molecule has 34 heavy (non-hydrogen) atoms. The van der Waals surface area contributed by atoms with E-state index in [1.54, 1.807) is 0 Å². The predicted molar refractivity (Wildman–Crippen MR) is 109 cm³/mol. The van der Waals surface area contributed by atoms with Crippen molar-refractivity contribution in [3.8, 4) is 0 Å². The number of anilines is 2. The van der Waals surface area contributed by atoms with Crippen molar-refractivity contribution in [3.63, 3.8) is 0 Å². The van der Waals surface area contributed by atoms with Crippen LogP contribution in [0.2, 0.25) is 0 Å². The molecule has 0 atom stereocenters. The highest BCUT2D eigenvalue weighted by Crippen LogP contribution is 2.43. The monoisotopic (exact) mass is 482 g/mol. The molecule has 14 heteroatoms. The number of piperidine rings is 1. The second kappa shape index (κ2) is 8.09. The molecule has 3 aromatic heterocycles. The van der Waals surface area contributed by atoms with E-state index in [1.807, 2.05) is 4.90 Å². The lowest BCUT2D eigenvalue weighted by atomic mass is 9.77. The number of alkyl halides is 5. The molecule has 2 aliphatic heterocycles. The number of halogens is 5. The van der Waals surface area contributed by atoms with Crippen LogP contribution < -0.4 is 9.80 Å². The highest BCUT2D eigenvalue weighted by Gasteiger charge is 2.49. The van der Waals surface area contributed by atoms with Crippen LogP contribution in [0.1, 0.15) is 25.0 Å². The molecule has 0 N–H and O–H groups in total. The maximum Gasteiger partial charge on any atom is 0.434 e. The Morgan fingerprint density at radius 3 is 2.41 bits per heavy atom. The maximum absolute atomic E-state index is 13.2. The summed E-state index contributed by atoms with van der Waals surface area (Å²) in [7, 11) is 0. The van der Waals surface area contributed by atoms with Crippen LogP contribution in [-0.4, -0.2) is 61.7 Å². The van der Waals surface area contributed by atoms with E-state index in [0.717, 1.165) is 10.9 Å². The first kappa shape index (κ1) is 22.3. The number of nitrogens with zero attached hydrogens (tertiary/aromatic N) is 8. The normalized spacial score (nSPS) is 18.6. The van der Waals surface area contributed by atoms with Gasteiger partial charge in [0.1, 0.15) is 17.9 Å². The maximum atomic E-state index is 13.2. The molecule has 2 fully saturated rings. The minimum atomic E-state index is -4.65. The highest BCUT2D eigenvalue weighted by molar-refractivity contribution is 5.99. The highest BCUT2D eigenvalue weighted by atomic mass is 19.4. The number of rotatable bonds is 4. The van der Waals surface area contributed by atoms with Crippen LogP contribution >= 0.6 is 0 Å². The summed E-state index contributed by atoms with van der Waals surface area (Å²) < 4.78 is 65.7. The van der Waals surface area contributed by atoms with Crippen LogP contribution in [0.3, 0.4) is 0 Å². The molecular formula is C20H19F5N8O. The number of hydrogen-bond donors (Lipinski definition) is 0. The van der Waals surface area contributed by atoms with Crippen LogP contribution in [-0.2, 0) is 17.5 Å². The van der Waals surface area contributed by atoms with Crippen LogP contribution in [0.15, 0.2) is 24.8 Å². The van der Waals surface area contributed by atoms with Crippen molar-refractivity contribution < 1.29 is 26.7 Å². The van der Waals surface area contributed by atoms with Crippen molar-refractivity contribution in [2.45, 2.75) is 38.4 Å². The number of carbonyl (C=O) groups excluding carboxylic acids is 1. The van der Waals surface area contributed by atoms with Crippen molar-refractivity contribution in [1.82, 2.24) is 29.7 Å². The van der Waals surface area contributed by atoms with Crippen LogP contribution in [0.5, 0.6) is 0 Å². The Balaban J connectivity index is 1.31.